The lowest BCUT2D eigenvalue weighted by Gasteiger charge is -2.38. The standard InChI is InChI=1S/C33H46N2O/c1-6-27(5)15-16-28(7-2)33(32(14-11-25-36)29-12-9-8-10-13-29)30-17-19-31(20-18-30)35-23-21-34(22-24-35)26(3)4/h8-10,12-13,15-20,26,36H,6-7,11,14,21-25H2,1-5H3/b27-15-,28-16+,33-32-. The number of benzene rings is 2. The predicted octanol–water partition coefficient (Wildman–Crippen LogP) is 7.59. The highest BCUT2D eigenvalue weighted by Crippen LogP contribution is 2.37. The zero-order valence-corrected chi connectivity index (χ0v) is 23.1. The highest BCUT2D eigenvalue weighted by atomic mass is 16.2. The number of nitrogens with zero attached hydrogens (tertiary/aromatic N) is 2. The summed E-state index contributed by atoms with van der Waals surface area (Å²) in [5.74, 6) is 0. The van der Waals surface area contributed by atoms with Gasteiger partial charge in [-0.2, -0.15) is 0 Å². The number of piperazine rings is 1. The summed E-state index contributed by atoms with van der Waals surface area (Å²) in [5, 5.41) is 9.70. The molecule has 36 heavy (non-hydrogen) atoms. The molecule has 0 amide bonds. The van der Waals surface area contributed by atoms with Crippen LogP contribution in [0.4, 0.5) is 5.69 Å². The van der Waals surface area contributed by atoms with E-state index >= 15 is 0 Å². The molecule has 0 atom stereocenters. The summed E-state index contributed by atoms with van der Waals surface area (Å²) in [4.78, 5) is 5.07. The molecular weight excluding hydrogens is 440 g/mol. The van der Waals surface area contributed by atoms with Gasteiger partial charge in [0.15, 0.2) is 0 Å². The van der Waals surface area contributed by atoms with Crippen LogP contribution in [0, 0.1) is 0 Å². The van der Waals surface area contributed by atoms with Crippen molar-refractivity contribution < 1.29 is 5.11 Å². The lowest BCUT2D eigenvalue weighted by molar-refractivity contribution is 0.209. The Morgan fingerprint density at radius 1 is 0.861 bits per heavy atom. The zero-order chi connectivity index (χ0) is 25.9. The van der Waals surface area contributed by atoms with Crippen LogP contribution in [0.3, 0.4) is 0 Å². The van der Waals surface area contributed by atoms with Crippen molar-refractivity contribution in [2.24, 2.45) is 0 Å². The Morgan fingerprint density at radius 2 is 1.53 bits per heavy atom. The first kappa shape index (κ1) is 28.0. The van der Waals surface area contributed by atoms with Gasteiger partial charge in [0.25, 0.3) is 0 Å². The Hall–Kier alpha value is -2.62. The summed E-state index contributed by atoms with van der Waals surface area (Å²) < 4.78 is 0. The van der Waals surface area contributed by atoms with Gasteiger partial charge in [0.05, 0.1) is 0 Å². The van der Waals surface area contributed by atoms with Crippen LogP contribution in [0.5, 0.6) is 0 Å². The molecule has 1 saturated heterocycles. The molecule has 2 aromatic carbocycles. The Morgan fingerprint density at radius 3 is 2.08 bits per heavy atom. The average Bonchev–Trinajstić information content (AvgIpc) is 2.92. The van der Waals surface area contributed by atoms with Crippen molar-refractivity contribution in [1.29, 1.82) is 0 Å². The van der Waals surface area contributed by atoms with E-state index in [4.69, 9.17) is 0 Å². The first-order valence-corrected chi connectivity index (χ1v) is 13.8. The minimum Gasteiger partial charge on any atom is -0.396 e. The average molecular weight is 487 g/mol. The largest absolute Gasteiger partial charge is 0.396 e. The molecule has 0 radical (unpaired) electrons. The van der Waals surface area contributed by atoms with E-state index in [1.807, 2.05) is 0 Å². The molecule has 1 heterocycles. The fraction of sp³-hybridized carbons (Fsp3) is 0.455. The van der Waals surface area contributed by atoms with Crippen LogP contribution in [-0.2, 0) is 0 Å². The van der Waals surface area contributed by atoms with E-state index in [1.165, 1.54) is 39.1 Å². The highest BCUT2D eigenvalue weighted by Gasteiger charge is 2.20. The molecule has 2 aromatic rings. The summed E-state index contributed by atoms with van der Waals surface area (Å²) in [6, 6.07) is 20.5. The van der Waals surface area contributed by atoms with Gasteiger partial charge in [-0.15, -0.1) is 0 Å². The second-order valence-electron chi connectivity index (χ2n) is 10.1. The van der Waals surface area contributed by atoms with E-state index in [2.05, 4.69) is 111 Å². The molecule has 1 aliphatic rings. The van der Waals surface area contributed by atoms with Gasteiger partial charge in [0.2, 0.25) is 0 Å². The smallest absolute Gasteiger partial charge is 0.0434 e. The summed E-state index contributed by atoms with van der Waals surface area (Å²) in [7, 11) is 0. The van der Waals surface area contributed by atoms with Gasteiger partial charge in [-0.3, -0.25) is 4.90 Å². The molecule has 0 saturated carbocycles. The molecule has 3 heteroatoms. The number of allylic oxidation sites excluding steroid dienone is 6. The van der Waals surface area contributed by atoms with E-state index < -0.39 is 0 Å². The van der Waals surface area contributed by atoms with Gasteiger partial charge < -0.3 is 10.0 Å². The number of hydrogen-bond donors (Lipinski definition) is 1. The third-order valence-corrected chi connectivity index (χ3v) is 7.40. The molecule has 1 fully saturated rings. The number of aliphatic hydroxyl groups is 1. The zero-order valence-electron chi connectivity index (χ0n) is 23.1. The first-order chi connectivity index (χ1) is 17.5. The van der Waals surface area contributed by atoms with Crippen molar-refractivity contribution >= 4 is 16.8 Å². The second-order valence-corrected chi connectivity index (χ2v) is 10.1. The van der Waals surface area contributed by atoms with Gasteiger partial charge >= 0.3 is 0 Å². The monoisotopic (exact) mass is 486 g/mol. The third kappa shape index (κ3) is 7.44. The maximum Gasteiger partial charge on any atom is 0.0434 e. The predicted molar refractivity (Wildman–Crippen MR) is 157 cm³/mol. The summed E-state index contributed by atoms with van der Waals surface area (Å²) in [5.41, 5.74) is 9.16. The fourth-order valence-electron chi connectivity index (χ4n) is 4.94. The lowest BCUT2D eigenvalue weighted by atomic mass is 9.85. The molecule has 1 N–H and O–H groups in total. The highest BCUT2D eigenvalue weighted by molar-refractivity contribution is 5.98. The van der Waals surface area contributed by atoms with Crippen LogP contribution in [0.2, 0.25) is 0 Å². The molecule has 0 bridgehead atoms. The summed E-state index contributed by atoms with van der Waals surface area (Å²) in [6.45, 7) is 15.8. The van der Waals surface area contributed by atoms with E-state index in [0.717, 1.165) is 51.9 Å². The van der Waals surface area contributed by atoms with Gasteiger partial charge in [-0.05, 0) is 86.4 Å². The quantitative estimate of drug-likeness (QED) is 0.262. The molecule has 3 rings (SSSR count). The lowest BCUT2D eigenvalue weighted by Crippen LogP contribution is -2.48. The first-order valence-electron chi connectivity index (χ1n) is 13.8. The molecule has 194 valence electrons. The van der Waals surface area contributed by atoms with Crippen LogP contribution < -0.4 is 4.90 Å². The van der Waals surface area contributed by atoms with E-state index in [9.17, 15) is 5.11 Å². The van der Waals surface area contributed by atoms with Crippen LogP contribution in [0.1, 0.15) is 71.4 Å². The Balaban J connectivity index is 2.05. The minimum absolute atomic E-state index is 0.199. The maximum absolute atomic E-state index is 9.70. The van der Waals surface area contributed by atoms with Gasteiger partial charge in [-0.25, -0.2) is 0 Å². The van der Waals surface area contributed by atoms with Crippen molar-refractivity contribution in [3.8, 4) is 0 Å². The van der Waals surface area contributed by atoms with Crippen LogP contribution in [0.25, 0.3) is 11.1 Å². The molecular formula is C33H46N2O. The number of anilines is 1. The molecule has 0 spiro atoms. The van der Waals surface area contributed by atoms with Crippen molar-refractivity contribution in [3.05, 3.63) is 89.0 Å². The SMILES string of the molecule is CC\C(C)=C/C=C(CC)/C(=C(\CCCO)c1ccccc1)c1ccc(N2CCN(C(C)C)CC2)cc1. The molecule has 1 aliphatic heterocycles. The van der Waals surface area contributed by atoms with Crippen molar-refractivity contribution in [2.75, 3.05) is 37.7 Å². The topological polar surface area (TPSA) is 26.7 Å². The Labute approximate surface area is 219 Å². The molecule has 0 aliphatic carbocycles. The normalized spacial score (nSPS) is 16.5. The number of aliphatic hydroxyl groups excluding tert-OH is 1. The summed E-state index contributed by atoms with van der Waals surface area (Å²) in [6.07, 6.45) is 8.21. The van der Waals surface area contributed by atoms with Gasteiger partial charge in [0.1, 0.15) is 0 Å². The fourth-order valence-corrected chi connectivity index (χ4v) is 4.94. The Bertz CT molecular complexity index is 1020. The van der Waals surface area contributed by atoms with Gasteiger partial charge in [-0.1, -0.05) is 74.0 Å². The Kier molecular flexibility index (Phi) is 11.0. The third-order valence-electron chi connectivity index (χ3n) is 7.40. The van der Waals surface area contributed by atoms with Crippen LogP contribution in [0.15, 0.2) is 77.9 Å². The van der Waals surface area contributed by atoms with Crippen molar-refractivity contribution in [1.82, 2.24) is 4.90 Å². The van der Waals surface area contributed by atoms with Crippen LogP contribution in [-0.4, -0.2) is 48.8 Å². The van der Waals surface area contributed by atoms with Crippen LogP contribution >= 0.6 is 0 Å². The molecule has 0 aromatic heterocycles. The minimum atomic E-state index is 0.199. The molecule has 3 nitrogen and oxygen atoms in total. The summed E-state index contributed by atoms with van der Waals surface area (Å²) >= 11 is 0. The maximum atomic E-state index is 9.70. The van der Waals surface area contributed by atoms with E-state index in [-0.39, 0.29) is 6.61 Å². The van der Waals surface area contributed by atoms with Crippen molar-refractivity contribution in [3.63, 3.8) is 0 Å². The number of hydrogen-bond acceptors (Lipinski definition) is 3. The molecule has 0 unspecified atom stereocenters. The second kappa shape index (κ2) is 14.2. The van der Waals surface area contributed by atoms with Crippen molar-refractivity contribution in [2.45, 2.75) is 66.3 Å². The van der Waals surface area contributed by atoms with E-state index in [0.29, 0.717) is 6.04 Å². The van der Waals surface area contributed by atoms with E-state index in [1.54, 1.807) is 0 Å². The number of rotatable bonds is 11. The van der Waals surface area contributed by atoms with Gasteiger partial charge in [0, 0.05) is 44.5 Å².